The maximum absolute atomic E-state index is 13.0. The van der Waals surface area contributed by atoms with Gasteiger partial charge in [0.15, 0.2) is 6.04 Å². The zero-order valence-corrected chi connectivity index (χ0v) is 10.5. The minimum absolute atomic E-state index is 0.0418. The average Bonchev–Trinajstić information content (AvgIpc) is 2.83. The van der Waals surface area contributed by atoms with Crippen molar-refractivity contribution in [3.63, 3.8) is 0 Å². The van der Waals surface area contributed by atoms with Crippen LogP contribution in [0.1, 0.15) is 17.2 Å². The minimum Gasteiger partial charge on any atom is -0.479 e. The van der Waals surface area contributed by atoms with E-state index in [2.05, 4.69) is 10.4 Å². The maximum atomic E-state index is 13.0. The topological polar surface area (TPSA) is 90.9 Å². The van der Waals surface area contributed by atoms with Gasteiger partial charge < -0.3 is 10.4 Å². The summed E-state index contributed by atoms with van der Waals surface area (Å²) in [7, 11) is 1.67. The molecular formula is C13H11FN4O2. The lowest BCUT2D eigenvalue weighted by atomic mass is 10.1. The molecule has 7 heteroatoms. The molecule has 1 heterocycles. The van der Waals surface area contributed by atoms with Crippen LogP contribution in [-0.2, 0) is 11.8 Å². The number of rotatable bonds is 4. The second-order valence-electron chi connectivity index (χ2n) is 4.16. The van der Waals surface area contributed by atoms with Gasteiger partial charge in [0.1, 0.15) is 11.9 Å². The number of aliphatic carboxylic acids is 1. The molecule has 0 saturated carbocycles. The second kappa shape index (κ2) is 5.40. The zero-order chi connectivity index (χ0) is 14.7. The van der Waals surface area contributed by atoms with E-state index in [1.165, 1.54) is 16.9 Å². The lowest BCUT2D eigenvalue weighted by Crippen LogP contribution is -2.20. The van der Waals surface area contributed by atoms with Gasteiger partial charge in [-0.1, -0.05) is 0 Å². The summed E-state index contributed by atoms with van der Waals surface area (Å²) in [6.07, 6.45) is 2.97. The number of aryl methyl sites for hydroxylation is 1. The molecule has 20 heavy (non-hydrogen) atoms. The molecule has 0 fully saturated rings. The van der Waals surface area contributed by atoms with Crippen molar-refractivity contribution in [1.82, 2.24) is 9.78 Å². The van der Waals surface area contributed by atoms with Crippen molar-refractivity contribution < 1.29 is 14.3 Å². The van der Waals surface area contributed by atoms with E-state index in [1.807, 2.05) is 6.07 Å². The summed E-state index contributed by atoms with van der Waals surface area (Å²) < 4.78 is 14.5. The van der Waals surface area contributed by atoms with E-state index in [1.54, 1.807) is 13.2 Å². The number of hydrogen-bond acceptors (Lipinski definition) is 4. The Balaban J connectivity index is 2.35. The molecule has 0 spiro atoms. The van der Waals surface area contributed by atoms with E-state index in [0.29, 0.717) is 5.56 Å². The van der Waals surface area contributed by atoms with Crippen LogP contribution in [0.5, 0.6) is 0 Å². The van der Waals surface area contributed by atoms with Crippen molar-refractivity contribution in [2.24, 2.45) is 7.05 Å². The van der Waals surface area contributed by atoms with Crippen molar-refractivity contribution in [3.8, 4) is 6.07 Å². The number of aromatic nitrogens is 2. The van der Waals surface area contributed by atoms with Crippen LogP contribution in [0.25, 0.3) is 0 Å². The van der Waals surface area contributed by atoms with Gasteiger partial charge in [-0.2, -0.15) is 10.4 Å². The number of nitrogens with one attached hydrogen (secondary N) is 1. The number of carboxylic acids is 1. The number of anilines is 1. The van der Waals surface area contributed by atoms with E-state index in [-0.39, 0.29) is 11.3 Å². The Morgan fingerprint density at radius 1 is 1.60 bits per heavy atom. The van der Waals surface area contributed by atoms with Gasteiger partial charge in [-0.3, -0.25) is 4.68 Å². The Labute approximate surface area is 114 Å². The van der Waals surface area contributed by atoms with Gasteiger partial charge in [0.25, 0.3) is 0 Å². The molecule has 2 rings (SSSR count). The monoisotopic (exact) mass is 274 g/mol. The fourth-order valence-electron chi connectivity index (χ4n) is 1.77. The van der Waals surface area contributed by atoms with Crippen LogP contribution in [0.4, 0.5) is 10.1 Å². The quantitative estimate of drug-likeness (QED) is 0.884. The van der Waals surface area contributed by atoms with Crippen LogP contribution in [0.2, 0.25) is 0 Å². The van der Waals surface area contributed by atoms with E-state index < -0.39 is 17.8 Å². The number of benzene rings is 1. The molecule has 0 amide bonds. The van der Waals surface area contributed by atoms with Gasteiger partial charge in [-0.25, -0.2) is 9.18 Å². The Morgan fingerprint density at radius 3 is 2.90 bits per heavy atom. The normalized spacial score (nSPS) is 11.7. The van der Waals surface area contributed by atoms with Gasteiger partial charge in [0.05, 0.1) is 17.4 Å². The largest absolute Gasteiger partial charge is 0.479 e. The third-order valence-corrected chi connectivity index (χ3v) is 2.71. The molecule has 0 saturated heterocycles. The van der Waals surface area contributed by atoms with Crippen LogP contribution in [0.3, 0.4) is 0 Å². The van der Waals surface area contributed by atoms with Crippen molar-refractivity contribution in [3.05, 3.63) is 47.5 Å². The molecule has 0 bridgehead atoms. The summed E-state index contributed by atoms with van der Waals surface area (Å²) in [6.45, 7) is 0. The number of hydrogen-bond donors (Lipinski definition) is 2. The molecule has 2 aromatic rings. The summed E-state index contributed by atoms with van der Waals surface area (Å²) in [5.74, 6) is -1.67. The van der Waals surface area contributed by atoms with Crippen LogP contribution in [0.15, 0.2) is 30.6 Å². The first-order valence-electron chi connectivity index (χ1n) is 5.69. The molecule has 1 unspecified atom stereocenters. The van der Waals surface area contributed by atoms with Crippen molar-refractivity contribution in [2.75, 3.05) is 5.32 Å². The summed E-state index contributed by atoms with van der Waals surface area (Å²) in [5.41, 5.74) is 0.735. The molecule has 0 radical (unpaired) electrons. The highest BCUT2D eigenvalue weighted by Gasteiger charge is 2.22. The van der Waals surface area contributed by atoms with Gasteiger partial charge in [-0.05, 0) is 18.2 Å². The Kier molecular flexibility index (Phi) is 3.66. The molecular weight excluding hydrogens is 263 g/mol. The highest BCUT2D eigenvalue weighted by atomic mass is 19.1. The zero-order valence-electron chi connectivity index (χ0n) is 10.5. The van der Waals surface area contributed by atoms with Crippen LogP contribution >= 0.6 is 0 Å². The fourth-order valence-corrected chi connectivity index (χ4v) is 1.77. The number of halogens is 1. The second-order valence-corrected chi connectivity index (χ2v) is 4.16. The Morgan fingerprint density at radius 2 is 2.35 bits per heavy atom. The predicted octanol–water partition coefficient (Wildman–Crippen LogP) is 1.67. The molecule has 2 N–H and O–H groups in total. The number of carboxylic acid groups (broad SMARTS) is 1. The maximum Gasteiger partial charge on any atom is 0.330 e. The van der Waals surface area contributed by atoms with E-state index in [0.717, 1.165) is 12.1 Å². The first-order valence-corrected chi connectivity index (χ1v) is 5.69. The average molecular weight is 274 g/mol. The lowest BCUT2D eigenvalue weighted by Gasteiger charge is -2.15. The highest BCUT2D eigenvalue weighted by Crippen LogP contribution is 2.23. The van der Waals surface area contributed by atoms with Crippen LogP contribution < -0.4 is 5.32 Å². The Bertz CT molecular complexity index is 690. The van der Waals surface area contributed by atoms with Crippen molar-refractivity contribution in [1.29, 1.82) is 5.26 Å². The number of carbonyl (C=O) groups is 1. The minimum atomic E-state index is -1.12. The van der Waals surface area contributed by atoms with Gasteiger partial charge in [-0.15, -0.1) is 0 Å². The summed E-state index contributed by atoms with van der Waals surface area (Å²) in [4.78, 5) is 11.3. The first kappa shape index (κ1) is 13.5. The summed E-state index contributed by atoms with van der Waals surface area (Å²) in [5, 5.41) is 24.8. The van der Waals surface area contributed by atoms with Crippen molar-refractivity contribution in [2.45, 2.75) is 6.04 Å². The molecule has 0 aliphatic rings. The number of nitrogens with zero attached hydrogens (tertiary/aromatic N) is 3. The van der Waals surface area contributed by atoms with Crippen molar-refractivity contribution >= 4 is 11.7 Å². The molecule has 1 atom stereocenters. The summed E-state index contributed by atoms with van der Waals surface area (Å²) in [6, 6.07) is 4.29. The van der Waals surface area contributed by atoms with Gasteiger partial charge in [0.2, 0.25) is 0 Å². The predicted molar refractivity (Wildman–Crippen MR) is 68.3 cm³/mol. The third kappa shape index (κ3) is 2.75. The molecule has 0 aliphatic carbocycles. The lowest BCUT2D eigenvalue weighted by molar-refractivity contribution is -0.138. The molecule has 1 aromatic carbocycles. The molecule has 6 nitrogen and oxygen atoms in total. The first-order chi connectivity index (χ1) is 9.51. The third-order valence-electron chi connectivity index (χ3n) is 2.71. The summed E-state index contributed by atoms with van der Waals surface area (Å²) >= 11 is 0. The van der Waals surface area contributed by atoms with E-state index >= 15 is 0 Å². The fraction of sp³-hybridized carbons (Fsp3) is 0.154. The smallest absolute Gasteiger partial charge is 0.330 e. The Hall–Kier alpha value is -2.88. The highest BCUT2D eigenvalue weighted by molar-refractivity contribution is 5.79. The number of nitriles is 1. The van der Waals surface area contributed by atoms with Crippen LogP contribution in [0, 0.1) is 17.1 Å². The SMILES string of the molecule is Cn1cc(C(Nc2ccc(F)cc2C#N)C(=O)O)cn1. The van der Waals surface area contributed by atoms with Gasteiger partial charge >= 0.3 is 5.97 Å². The molecule has 1 aromatic heterocycles. The van der Waals surface area contributed by atoms with E-state index in [4.69, 9.17) is 5.26 Å². The van der Waals surface area contributed by atoms with Gasteiger partial charge in [0, 0.05) is 18.8 Å². The molecule has 0 aliphatic heterocycles. The molecule has 102 valence electrons. The van der Waals surface area contributed by atoms with E-state index in [9.17, 15) is 14.3 Å². The van der Waals surface area contributed by atoms with Crippen LogP contribution in [-0.4, -0.2) is 20.9 Å². The standard InChI is InChI=1S/C13H11FN4O2/c1-18-7-9(6-16-18)12(13(19)20)17-11-3-2-10(14)4-8(11)5-15/h2-4,6-7,12,17H,1H3,(H,19,20).